The Bertz CT molecular complexity index is 712. The number of fused-ring (bicyclic) bond motifs is 1. The molecule has 3 heteroatoms. The minimum atomic E-state index is -0.659. The zero-order chi connectivity index (χ0) is 13.2. The molecule has 3 aromatic rings. The van der Waals surface area contributed by atoms with Crippen LogP contribution in [-0.4, -0.2) is 10.1 Å². The van der Waals surface area contributed by atoms with Gasteiger partial charge in [-0.25, -0.2) is 0 Å². The maximum atomic E-state index is 10.5. The Morgan fingerprint density at radius 2 is 1.79 bits per heavy atom. The van der Waals surface area contributed by atoms with E-state index < -0.39 is 6.10 Å². The molecule has 0 fully saturated rings. The molecule has 1 unspecified atom stereocenters. The Labute approximate surface area is 116 Å². The monoisotopic (exact) mass is 269 g/mol. The Morgan fingerprint density at radius 1 is 1.00 bits per heavy atom. The number of benzene rings is 2. The standard InChI is InChI=1S/C16H12ClNO/c17-12-6-7-13-14(8-9-18-15(13)10-12)16(19)11-4-2-1-3-5-11/h1-10,16,19H. The van der Waals surface area contributed by atoms with Crippen molar-refractivity contribution in [2.75, 3.05) is 0 Å². The van der Waals surface area contributed by atoms with Crippen molar-refractivity contribution < 1.29 is 5.11 Å². The summed E-state index contributed by atoms with van der Waals surface area (Å²) in [5, 5.41) is 12.1. The number of hydrogen-bond donors (Lipinski definition) is 1. The molecule has 0 aliphatic rings. The summed E-state index contributed by atoms with van der Waals surface area (Å²) in [5.74, 6) is 0. The quantitative estimate of drug-likeness (QED) is 0.764. The van der Waals surface area contributed by atoms with Crippen LogP contribution in [0.5, 0.6) is 0 Å². The Kier molecular flexibility index (Phi) is 3.20. The van der Waals surface area contributed by atoms with E-state index in [0.717, 1.165) is 22.0 Å². The fraction of sp³-hybridized carbons (Fsp3) is 0.0625. The van der Waals surface area contributed by atoms with Gasteiger partial charge in [-0.2, -0.15) is 0 Å². The first-order valence-electron chi connectivity index (χ1n) is 6.03. The van der Waals surface area contributed by atoms with Crippen LogP contribution < -0.4 is 0 Å². The summed E-state index contributed by atoms with van der Waals surface area (Å²) >= 11 is 5.97. The van der Waals surface area contributed by atoms with Crippen molar-refractivity contribution in [3.8, 4) is 0 Å². The highest BCUT2D eigenvalue weighted by Crippen LogP contribution is 2.28. The lowest BCUT2D eigenvalue weighted by atomic mass is 9.98. The first-order chi connectivity index (χ1) is 9.25. The maximum Gasteiger partial charge on any atom is 0.105 e. The average molecular weight is 270 g/mol. The predicted molar refractivity (Wildman–Crippen MR) is 77.3 cm³/mol. The third-order valence-corrected chi connectivity index (χ3v) is 3.38. The SMILES string of the molecule is OC(c1ccccc1)c1ccnc2cc(Cl)ccc12. The summed E-state index contributed by atoms with van der Waals surface area (Å²) in [6.07, 6.45) is 1.04. The minimum Gasteiger partial charge on any atom is -0.384 e. The summed E-state index contributed by atoms with van der Waals surface area (Å²) in [7, 11) is 0. The van der Waals surface area contributed by atoms with Crippen molar-refractivity contribution in [1.29, 1.82) is 0 Å². The van der Waals surface area contributed by atoms with Crippen molar-refractivity contribution in [2.45, 2.75) is 6.10 Å². The molecular weight excluding hydrogens is 258 g/mol. The second-order valence-electron chi connectivity index (χ2n) is 4.37. The minimum absolute atomic E-state index is 0.645. The first kappa shape index (κ1) is 12.2. The molecule has 0 amide bonds. The van der Waals surface area contributed by atoms with Gasteiger partial charge in [0.15, 0.2) is 0 Å². The number of pyridine rings is 1. The van der Waals surface area contributed by atoms with Crippen LogP contribution in [0.15, 0.2) is 60.8 Å². The number of aromatic nitrogens is 1. The Hall–Kier alpha value is -1.90. The van der Waals surface area contributed by atoms with Crippen LogP contribution in [0.25, 0.3) is 10.9 Å². The van der Waals surface area contributed by atoms with Gasteiger partial charge in [-0.05, 0) is 29.3 Å². The van der Waals surface area contributed by atoms with Crippen molar-refractivity contribution >= 4 is 22.5 Å². The normalized spacial score (nSPS) is 12.5. The molecule has 0 aliphatic carbocycles. The van der Waals surface area contributed by atoms with E-state index in [0.29, 0.717) is 5.02 Å². The van der Waals surface area contributed by atoms with Crippen LogP contribution in [0.1, 0.15) is 17.2 Å². The molecule has 2 nitrogen and oxygen atoms in total. The van der Waals surface area contributed by atoms with E-state index in [1.54, 1.807) is 12.3 Å². The second-order valence-corrected chi connectivity index (χ2v) is 4.81. The van der Waals surface area contributed by atoms with Gasteiger partial charge in [-0.15, -0.1) is 0 Å². The van der Waals surface area contributed by atoms with Crippen molar-refractivity contribution in [2.24, 2.45) is 0 Å². The molecule has 1 aromatic heterocycles. The van der Waals surface area contributed by atoms with Gasteiger partial charge >= 0.3 is 0 Å². The summed E-state index contributed by atoms with van der Waals surface area (Å²) in [5.41, 5.74) is 2.50. The molecule has 0 saturated carbocycles. The van der Waals surface area contributed by atoms with Gasteiger partial charge in [0.05, 0.1) is 5.52 Å². The van der Waals surface area contributed by atoms with E-state index in [-0.39, 0.29) is 0 Å². The summed E-state index contributed by atoms with van der Waals surface area (Å²) < 4.78 is 0. The van der Waals surface area contributed by atoms with Crippen LogP contribution in [0.2, 0.25) is 5.02 Å². The van der Waals surface area contributed by atoms with Gasteiger partial charge in [-0.1, -0.05) is 48.0 Å². The fourth-order valence-corrected chi connectivity index (χ4v) is 2.36. The van der Waals surface area contributed by atoms with E-state index >= 15 is 0 Å². The highest BCUT2D eigenvalue weighted by Gasteiger charge is 2.13. The molecule has 3 rings (SSSR count). The lowest BCUT2D eigenvalue weighted by Gasteiger charge is -2.13. The number of rotatable bonds is 2. The third-order valence-electron chi connectivity index (χ3n) is 3.15. The molecule has 19 heavy (non-hydrogen) atoms. The number of hydrogen-bond acceptors (Lipinski definition) is 2. The number of halogens is 1. The van der Waals surface area contributed by atoms with Gasteiger partial charge in [0.25, 0.3) is 0 Å². The van der Waals surface area contributed by atoms with E-state index in [1.165, 1.54) is 0 Å². The molecule has 1 N–H and O–H groups in total. The average Bonchev–Trinajstić information content (AvgIpc) is 2.46. The molecule has 0 spiro atoms. The summed E-state index contributed by atoms with van der Waals surface area (Å²) in [4.78, 5) is 4.28. The number of aliphatic hydroxyl groups is 1. The molecule has 1 heterocycles. The molecule has 0 radical (unpaired) electrons. The van der Waals surface area contributed by atoms with E-state index in [4.69, 9.17) is 11.6 Å². The molecule has 1 atom stereocenters. The zero-order valence-corrected chi connectivity index (χ0v) is 10.9. The van der Waals surface area contributed by atoms with Crippen LogP contribution >= 0.6 is 11.6 Å². The maximum absolute atomic E-state index is 10.5. The van der Waals surface area contributed by atoms with E-state index in [9.17, 15) is 5.11 Å². The van der Waals surface area contributed by atoms with Gasteiger partial charge in [0, 0.05) is 16.6 Å². The van der Waals surface area contributed by atoms with Crippen LogP contribution in [0.3, 0.4) is 0 Å². The van der Waals surface area contributed by atoms with Gasteiger partial charge < -0.3 is 5.11 Å². The fourth-order valence-electron chi connectivity index (χ4n) is 2.20. The zero-order valence-electron chi connectivity index (χ0n) is 10.1. The molecule has 0 bridgehead atoms. The van der Waals surface area contributed by atoms with E-state index in [1.807, 2.05) is 48.5 Å². The molecular formula is C16H12ClNO. The smallest absolute Gasteiger partial charge is 0.105 e. The highest BCUT2D eigenvalue weighted by atomic mass is 35.5. The van der Waals surface area contributed by atoms with Gasteiger partial charge in [0.1, 0.15) is 6.10 Å². The second kappa shape index (κ2) is 5.00. The topological polar surface area (TPSA) is 33.1 Å². The molecule has 2 aromatic carbocycles. The third kappa shape index (κ3) is 2.33. The van der Waals surface area contributed by atoms with Gasteiger partial charge in [-0.3, -0.25) is 4.98 Å². The van der Waals surface area contributed by atoms with Crippen LogP contribution in [0.4, 0.5) is 0 Å². The van der Waals surface area contributed by atoms with Crippen molar-refractivity contribution in [3.63, 3.8) is 0 Å². The number of aliphatic hydroxyl groups excluding tert-OH is 1. The van der Waals surface area contributed by atoms with Gasteiger partial charge in [0.2, 0.25) is 0 Å². The summed E-state index contributed by atoms with van der Waals surface area (Å²) in [6.45, 7) is 0. The van der Waals surface area contributed by atoms with Crippen LogP contribution in [-0.2, 0) is 0 Å². The number of nitrogens with zero attached hydrogens (tertiary/aromatic N) is 1. The van der Waals surface area contributed by atoms with E-state index in [2.05, 4.69) is 4.98 Å². The molecule has 94 valence electrons. The Balaban J connectivity index is 2.15. The lowest BCUT2D eigenvalue weighted by Crippen LogP contribution is -2.00. The molecule has 0 saturated heterocycles. The van der Waals surface area contributed by atoms with Crippen molar-refractivity contribution in [3.05, 3.63) is 76.9 Å². The lowest BCUT2D eigenvalue weighted by molar-refractivity contribution is 0.222. The summed E-state index contributed by atoms with van der Waals surface area (Å²) in [6, 6.07) is 16.9. The van der Waals surface area contributed by atoms with Crippen molar-refractivity contribution in [1.82, 2.24) is 4.98 Å². The van der Waals surface area contributed by atoms with Crippen LogP contribution in [0, 0.1) is 0 Å². The molecule has 0 aliphatic heterocycles. The highest BCUT2D eigenvalue weighted by molar-refractivity contribution is 6.31. The first-order valence-corrected chi connectivity index (χ1v) is 6.41. The largest absolute Gasteiger partial charge is 0.384 e. The predicted octanol–water partition coefficient (Wildman–Crippen LogP) is 3.97. The Morgan fingerprint density at radius 3 is 2.58 bits per heavy atom.